The summed E-state index contributed by atoms with van der Waals surface area (Å²) >= 11 is 0. The third-order valence-corrected chi connectivity index (χ3v) is 4.03. The average Bonchev–Trinajstić information content (AvgIpc) is 2.47. The molecule has 0 radical (unpaired) electrons. The molecule has 0 aliphatic rings. The first-order valence-electron chi connectivity index (χ1n) is 7.87. The van der Waals surface area contributed by atoms with Gasteiger partial charge in [0.05, 0.1) is 0 Å². The van der Waals surface area contributed by atoms with Gasteiger partial charge < -0.3 is 0 Å². The number of carbonyl (C=O) groups excluding carboxylic acids is 1. The van der Waals surface area contributed by atoms with Crippen LogP contribution < -0.4 is 0 Å². The highest BCUT2D eigenvalue weighted by molar-refractivity contribution is 5.83. The van der Waals surface area contributed by atoms with Crippen LogP contribution in [0, 0.1) is 17.8 Å². The van der Waals surface area contributed by atoms with Gasteiger partial charge in [-0.25, -0.2) is 0 Å². The fraction of sp³-hybridized carbons (Fsp3) is 0.450. The summed E-state index contributed by atoms with van der Waals surface area (Å²) in [6, 6.07) is 10.4. The molecule has 0 spiro atoms. The van der Waals surface area contributed by atoms with Crippen LogP contribution in [0.25, 0.3) is 0 Å². The smallest absolute Gasteiger partial charge is 0.138 e. The molecule has 0 saturated carbocycles. The van der Waals surface area contributed by atoms with Gasteiger partial charge in [0.1, 0.15) is 5.78 Å². The van der Waals surface area contributed by atoms with Crippen molar-refractivity contribution in [1.29, 1.82) is 0 Å². The Morgan fingerprint density at radius 1 is 1.00 bits per heavy atom. The second-order valence-electron chi connectivity index (χ2n) is 6.05. The number of allylic oxidation sites excluding steroid dienone is 4. The SMILES string of the molecule is C/C=C\C=C/C(C)C(c1ccccc1)C(C)C(=O)C(C)C. The molecule has 0 amide bonds. The molecule has 3 unspecified atom stereocenters. The molecule has 3 atom stereocenters. The van der Waals surface area contributed by atoms with E-state index in [1.807, 2.05) is 39.0 Å². The van der Waals surface area contributed by atoms with Crippen LogP contribution in [-0.4, -0.2) is 5.78 Å². The van der Waals surface area contributed by atoms with Crippen molar-refractivity contribution in [1.82, 2.24) is 0 Å². The van der Waals surface area contributed by atoms with Crippen LogP contribution in [-0.2, 0) is 4.79 Å². The maximum Gasteiger partial charge on any atom is 0.138 e. The van der Waals surface area contributed by atoms with E-state index in [9.17, 15) is 4.79 Å². The number of hydrogen-bond acceptors (Lipinski definition) is 1. The second kappa shape index (κ2) is 8.61. The normalized spacial score (nSPS) is 16.5. The van der Waals surface area contributed by atoms with Gasteiger partial charge in [-0.3, -0.25) is 4.79 Å². The van der Waals surface area contributed by atoms with Crippen molar-refractivity contribution >= 4 is 5.78 Å². The summed E-state index contributed by atoms with van der Waals surface area (Å²) in [7, 11) is 0. The van der Waals surface area contributed by atoms with Crippen molar-refractivity contribution in [3.63, 3.8) is 0 Å². The summed E-state index contributed by atoms with van der Waals surface area (Å²) in [5.41, 5.74) is 1.25. The molecular formula is C20H28O. The standard InChI is InChI=1S/C20H28O/c1-6-7-9-12-16(4)19(17(5)20(21)15(2)3)18-13-10-8-11-14-18/h6-17,19H,1-5H3/b7-6-,12-9-. The number of Topliss-reactive ketones (excluding diaryl/α,β-unsaturated/α-hetero) is 1. The molecule has 0 bridgehead atoms. The van der Waals surface area contributed by atoms with Crippen molar-refractivity contribution < 1.29 is 4.79 Å². The van der Waals surface area contributed by atoms with Crippen molar-refractivity contribution in [3.05, 3.63) is 60.2 Å². The Morgan fingerprint density at radius 2 is 1.62 bits per heavy atom. The lowest BCUT2D eigenvalue weighted by molar-refractivity contribution is -0.126. The lowest BCUT2D eigenvalue weighted by Crippen LogP contribution is -2.27. The van der Waals surface area contributed by atoms with E-state index in [2.05, 4.69) is 50.3 Å². The number of ketones is 1. The molecule has 1 aromatic rings. The van der Waals surface area contributed by atoms with E-state index in [1.165, 1.54) is 5.56 Å². The van der Waals surface area contributed by atoms with Crippen LogP contribution in [0.5, 0.6) is 0 Å². The minimum atomic E-state index is 0.0256. The van der Waals surface area contributed by atoms with Crippen molar-refractivity contribution in [2.45, 2.75) is 40.5 Å². The van der Waals surface area contributed by atoms with E-state index in [-0.39, 0.29) is 17.8 Å². The highest BCUT2D eigenvalue weighted by Gasteiger charge is 2.29. The summed E-state index contributed by atoms with van der Waals surface area (Å²) in [5, 5.41) is 0. The van der Waals surface area contributed by atoms with Crippen LogP contribution >= 0.6 is 0 Å². The van der Waals surface area contributed by atoms with Crippen LogP contribution in [0.3, 0.4) is 0 Å². The molecule has 1 heteroatoms. The van der Waals surface area contributed by atoms with Gasteiger partial charge in [-0.15, -0.1) is 0 Å². The summed E-state index contributed by atoms with van der Waals surface area (Å²) in [4.78, 5) is 12.5. The first kappa shape index (κ1) is 17.4. The molecule has 0 N–H and O–H groups in total. The van der Waals surface area contributed by atoms with E-state index in [0.29, 0.717) is 11.7 Å². The highest BCUT2D eigenvalue weighted by atomic mass is 16.1. The van der Waals surface area contributed by atoms with Crippen molar-refractivity contribution in [2.75, 3.05) is 0 Å². The molecule has 1 nitrogen and oxygen atoms in total. The third kappa shape index (κ3) is 5.00. The lowest BCUT2D eigenvalue weighted by Gasteiger charge is -2.28. The Hall–Kier alpha value is -1.63. The lowest BCUT2D eigenvalue weighted by atomic mass is 9.74. The fourth-order valence-electron chi connectivity index (χ4n) is 2.90. The maximum absolute atomic E-state index is 12.5. The van der Waals surface area contributed by atoms with E-state index in [1.54, 1.807) is 0 Å². The van der Waals surface area contributed by atoms with Gasteiger partial charge in [0.2, 0.25) is 0 Å². The number of carbonyl (C=O) groups is 1. The molecule has 0 aromatic heterocycles. The molecule has 0 aliphatic heterocycles. The van der Waals surface area contributed by atoms with E-state index in [0.717, 1.165) is 0 Å². The van der Waals surface area contributed by atoms with Crippen LogP contribution in [0.2, 0.25) is 0 Å². The summed E-state index contributed by atoms with van der Waals surface area (Å²) in [6.45, 7) is 10.2. The first-order chi connectivity index (χ1) is 9.99. The maximum atomic E-state index is 12.5. The van der Waals surface area contributed by atoms with Crippen LogP contribution in [0.4, 0.5) is 0 Å². The largest absolute Gasteiger partial charge is 0.299 e. The number of rotatable bonds is 7. The van der Waals surface area contributed by atoms with Crippen molar-refractivity contribution in [2.24, 2.45) is 17.8 Å². The third-order valence-electron chi connectivity index (χ3n) is 4.03. The summed E-state index contributed by atoms with van der Waals surface area (Å²) in [5.74, 6) is 0.995. The predicted molar refractivity (Wildman–Crippen MR) is 91.3 cm³/mol. The van der Waals surface area contributed by atoms with E-state index in [4.69, 9.17) is 0 Å². The second-order valence-corrected chi connectivity index (χ2v) is 6.05. The molecule has 0 heterocycles. The van der Waals surface area contributed by atoms with Gasteiger partial charge in [0.15, 0.2) is 0 Å². The monoisotopic (exact) mass is 284 g/mol. The summed E-state index contributed by atoms with van der Waals surface area (Å²) in [6.07, 6.45) is 8.33. The molecule has 21 heavy (non-hydrogen) atoms. The Balaban J connectivity index is 3.08. The molecule has 1 rings (SSSR count). The van der Waals surface area contributed by atoms with Gasteiger partial charge in [0, 0.05) is 11.8 Å². The zero-order valence-corrected chi connectivity index (χ0v) is 13.9. The van der Waals surface area contributed by atoms with Gasteiger partial charge in [0.25, 0.3) is 0 Å². The minimum absolute atomic E-state index is 0.0256. The van der Waals surface area contributed by atoms with Gasteiger partial charge >= 0.3 is 0 Å². The molecule has 0 saturated heterocycles. The topological polar surface area (TPSA) is 17.1 Å². The minimum Gasteiger partial charge on any atom is -0.299 e. The molecule has 114 valence electrons. The zero-order chi connectivity index (χ0) is 15.8. The molecule has 1 aromatic carbocycles. The Labute approximate surface area is 129 Å². The number of benzene rings is 1. The molecule has 0 aliphatic carbocycles. The highest BCUT2D eigenvalue weighted by Crippen LogP contribution is 2.34. The quantitative estimate of drug-likeness (QED) is 0.613. The average molecular weight is 284 g/mol. The van der Waals surface area contributed by atoms with Gasteiger partial charge in [-0.1, -0.05) is 82.3 Å². The van der Waals surface area contributed by atoms with Gasteiger partial charge in [-0.05, 0) is 24.3 Å². The fourth-order valence-corrected chi connectivity index (χ4v) is 2.90. The van der Waals surface area contributed by atoms with Crippen LogP contribution in [0.1, 0.15) is 46.1 Å². The Morgan fingerprint density at radius 3 is 2.14 bits per heavy atom. The molecular weight excluding hydrogens is 256 g/mol. The molecule has 0 fully saturated rings. The van der Waals surface area contributed by atoms with E-state index >= 15 is 0 Å². The zero-order valence-electron chi connectivity index (χ0n) is 13.9. The Bertz CT molecular complexity index is 482. The Kier molecular flexibility index (Phi) is 7.14. The summed E-state index contributed by atoms with van der Waals surface area (Å²) < 4.78 is 0. The predicted octanol–water partition coefficient (Wildman–Crippen LogP) is 5.40. The van der Waals surface area contributed by atoms with E-state index < -0.39 is 0 Å². The number of hydrogen-bond donors (Lipinski definition) is 0. The van der Waals surface area contributed by atoms with Gasteiger partial charge in [-0.2, -0.15) is 0 Å². The van der Waals surface area contributed by atoms with Crippen LogP contribution in [0.15, 0.2) is 54.6 Å². The van der Waals surface area contributed by atoms with Crippen molar-refractivity contribution in [3.8, 4) is 0 Å². The first-order valence-corrected chi connectivity index (χ1v) is 7.87.